The molecule has 2 fully saturated rings. The number of carbonyl (C=O) groups excluding carboxylic acids is 1. The normalized spacial score (nSPS) is 22.2. The van der Waals surface area contributed by atoms with Gasteiger partial charge in [-0.1, -0.05) is 30.3 Å². The lowest BCUT2D eigenvalue weighted by Crippen LogP contribution is -2.51. The number of aliphatic hydroxyl groups is 1. The molecule has 4 rings (SSSR count). The molecule has 2 aliphatic rings. The number of benzene rings is 2. The summed E-state index contributed by atoms with van der Waals surface area (Å²) in [6.45, 7) is -1.38. The maximum Gasteiger partial charge on any atom is 0.254 e. The second-order valence-corrected chi connectivity index (χ2v) is 10.6. The number of alkyl halides is 2. The van der Waals surface area contributed by atoms with Gasteiger partial charge in [0.25, 0.3) is 5.91 Å². The van der Waals surface area contributed by atoms with Gasteiger partial charge in [-0.15, -0.1) is 0 Å². The molecule has 1 spiro atoms. The molecule has 3 atom stereocenters. The fourth-order valence-electron chi connectivity index (χ4n) is 4.78. The topological polar surface area (TPSA) is 86.7 Å². The molecule has 0 radical (unpaired) electrons. The van der Waals surface area contributed by atoms with Gasteiger partial charge in [-0.2, -0.15) is 0 Å². The van der Waals surface area contributed by atoms with E-state index in [1.165, 1.54) is 0 Å². The Hall–Kier alpha value is -2.50. The number of sulfonamides is 1. The zero-order chi connectivity index (χ0) is 24.7. The van der Waals surface area contributed by atoms with Gasteiger partial charge in [0, 0.05) is 23.6 Å². The summed E-state index contributed by atoms with van der Waals surface area (Å²) in [7, 11) is -4.36. The lowest BCUT2D eigenvalue weighted by atomic mass is 9.91. The van der Waals surface area contributed by atoms with Crippen molar-refractivity contribution in [3.8, 4) is 11.1 Å². The molecular weight excluding hydrogens is 476 g/mol. The number of rotatable bonds is 8. The van der Waals surface area contributed by atoms with Gasteiger partial charge < -0.3 is 10.0 Å². The molecule has 1 saturated heterocycles. The molecule has 2 aromatic carbocycles. The highest BCUT2D eigenvalue weighted by Gasteiger charge is 2.61. The lowest BCUT2D eigenvalue weighted by molar-refractivity contribution is -0.142. The summed E-state index contributed by atoms with van der Waals surface area (Å²) in [5.74, 6) is -2.48. The summed E-state index contributed by atoms with van der Waals surface area (Å²) in [6.07, 6.45) is -1.30. The van der Waals surface area contributed by atoms with Gasteiger partial charge in [0.05, 0.1) is 6.04 Å². The van der Waals surface area contributed by atoms with Crippen LogP contribution in [0.1, 0.15) is 18.4 Å². The van der Waals surface area contributed by atoms with Crippen LogP contribution in [0.25, 0.3) is 11.1 Å². The number of hydrogen-bond donors (Lipinski definition) is 2. The minimum atomic E-state index is -4.36. The van der Waals surface area contributed by atoms with Crippen molar-refractivity contribution >= 4 is 15.9 Å². The Morgan fingerprint density at radius 1 is 1.18 bits per heavy atom. The summed E-state index contributed by atoms with van der Waals surface area (Å²) >= 11 is 0. The molecule has 1 aliphatic carbocycles. The van der Waals surface area contributed by atoms with Crippen molar-refractivity contribution < 1.29 is 35.9 Å². The van der Waals surface area contributed by atoms with Crippen molar-refractivity contribution in [2.45, 2.75) is 37.5 Å². The number of likely N-dealkylation sites (tertiary alicyclic amines) is 1. The van der Waals surface area contributed by atoms with Crippen LogP contribution < -0.4 is 4.72 Å². The van der Waals surface area contributed by atoms with E-state index in [1.807, 2.05) is 0 Å². The number of nitrogens with zero attached hydrogens (tertiary/aromatic N) is 1. The summed E-state index contributed by atoms with van der Waals surface area (Å²) < 4.78 is 82.6. The highest BCUT2D eigenvalue weighted by molar-refractivity contribution is 7.89. The SMILES string of the molecule is O=C([C@H](O)CF)N1CC2(CC2)[C@H](NS(=O)(=O)CF)[C@@H]1Cc1cc(F)cc(-c2ccccc2)c1F. The Morgan fingerprint density at radius 3 is 2.44 bits per heavy atom. The average molecular weight is 501 g/mol. The third-order valence-corrected chi connectivity index (χ3v) is 7.51. The molecule has 184 valence electrons. The van der Waals surface area contributed by atoms with Gasteiger partial charge in [-0.05, 0) is 42.5 Å². The molecule has 1 amide bonds. The van der Waals surface area contributed by atoms with Crippen molar-refractivity contribution in [1.29, 1.82) is 0 Å². The third-order valence-electron chi connectivity index (χ3n) is 6.61. The number of halogens is 4. The van der Waals surface area contributed by atoms with E-state index in [1.54, 1.807) is 30.3 Å². The first-order valence-corrected chi connectivity index (χ1v) is 12.4. The summed E-state index contributed by atoms with van der Waals surface area (Å²) in [5.41, 5.74) is -0.470. The van der Waals surface area contributed by atoms with Crippen LogP contribution in [0.3, 0.4) is 0 Å². The van der Waals surface area contributed by atoms with E-state index < -0.39 is 63.8 Å². The van der Waals surface area contributed by atoms with Crippen molar-refractivity contribution in [1.82, 2.24) is 9.62 Å². The molecule has 1 aliphatic heterocycles. The molecule has 0 aromatic heterocycles. The van der Waals surface area contributed by atoms with E-state index in [-0.39, 0.29) is 24.1 Å². The number of hydrogen-bond acceptors (Lipinski definition) is 4. The second-order valence-electron chi connectivity index (χ2n) is 8.88. The van der Waals surface area contributed by atoms with Crippen molar-refractivity contribution in [2.75, 3.05) is 19.2 Å². The van der Waals surface area contributed by atoms with Crippen LogP contribution in [-0.4, -0.2) is 61.7 Å². The number of aliphatic hydroxyl groups excluding tert-OH is 1. The second kappa shape index (κ2) is 9.27. The fraction of sp³-hybridized carbons (Fsp3) is 0.435. The van der Waals surface area contributed by atoms with E-state index in [0.717, 1.165) is 17.0 Å². The highest BCUT2D eigenvalue weighted by Crippen LogP contribution is 2.55. The molecule has 1 heterocycles. The minimum absolute atomic E-state index is 0.0164. The summed E-state index contributed by atoms with van der Waals surface area (Å²) in [4.78, 5) is 13.8. The summed E-state index contributed by atoms with van der Waals surface area (Å²) in [6, 6.07) is 6.44. The van der Waals surface area contributed by atoms with Crippen molar-refractivity contribution in [3.05, 3.63) is 59.7 Å². The standard InChI is InChI=1S/C23H24F4N2O4S/c24-11-19(30)22(31)29-12-23(6-7-23)21(28-34(32,33)13-25)18(29)9-15-8-16(26)10-17(20(15)27)14-4-2-1-3-5-14/h1-5,8,10,18-19,21,28,30H,6-7,9,11-13H2/t18-,19+,21+/m0/s1. The van der Waals surface area contributed by atoms with Crippen LogP contribution in [-0.2, 0) is 21.2 Å². The van der Waals surface area contributed by atoms with Crippen LogP contribution in [0.2, 0.25) is 0 Å². The zero-order valence-corrected chi connectivity index (χ0v) is 18.9. The quantitative estimate of drug-likeness (QED) is 0.546. The molecule has 0 bridgehead atoms. The van der Waals surface area contributed by atoms with Crippen molar-refractivity contribution in [3.63, 3.8) is 0 Å². The number of nitrogens with one attached hydrogen (secondary N) is 1. The molecular formula is C23H24F4N2O4S. The first-order chi connectivity index (χ1) is 16.1. The van der Waals surface area contributed by atoms with Crippen molar-refractivity contribution in [2.24, 2.45) is 5.41 Å². The molecule has 34 heavy (non-hydrogen) atoms. The van der Waals surface area contributed by atoms with E-state index in [2.05, 4.69) is 4.72 Å². The Labute approximate surface area is 194 Å². The Balaban J connectivity index is 1.76. The van der Waals surface area contributed by atoms with Crippen LogP contribution >= 0.6 is 0 Å². The molecule has 2 N–H and O–H groups in total. The molecule has 2 aromatic rings. The van der Waals surface area contributed by atoms with Crippen LogP contribution in [0.4, 0.5) is 17.6 Å². The maximum atomic E-state index is 15.5. The third kappa shape index (κ3) is 4.69. The van der Waals surface area contributed by atoms with E-state index >= 15 is 4.39 Å². The number of amides is 1. The molecule has 1 saturated carbocycles. The van der Waals surface area contributed by atoms with Gasteiger partial charge >= 0.3 is 0 Å². The Kier molecular flexibility index (Phi) is 6.71. The number of carbonyl (C=O) groups is 1. The first-order valence-electron chi connectivity index (χ1n) is 10.7. The predicted octanol–water partition coefficient (Wildman–Crippen LogP) is 2.71. The fourth-order valence-corrected chi connectivity index (χ4v) is 5.63. The van der Waals surface area contributed by atoms with Crippen LogP contribution in [0.15, 0.2) is 42.5 Å². The van der Waals surface area contributed by atoms with E-state index in [4.69, 9.17) is 0 Å². The maximum absolute atomic E-state index is 15.5. The van der Waals surface area contributed by atoms with Crippen LogP contribution in [0.5, 0.6) is 0 Å². The monoisotopic (exact) mass is 500 g/mol. The minimum Gasteiger partial charge on any atom is -0.381 e. The van der Waals surface area contributed by atoms with Gasteiger partial charge in [0.2, 0.25) is 16.0 Å². The molecule has 0 unspecified atom stereocenters. The summed E-state index contributed by atoms with van der Waals surface area (Å²) in [5, 5.41) is 9.82. The van der Waals surface area contributed by atoms with Gasteiger partial charge in [-0.25, -0.2) is 30.7 Å². The molecule has 6 nitrogen and oxygen atoms in total. The first kappa shape index (κ1) is 24.6. The van der Waals surface area contributed by atoms with Gasteiger partial charge in [0.1, 0.15) is 18.3 Å². The predicted molar refractivity (Wildman–Crippen MR) is 116 cm³/mol. The van der Waals surface area contributed by atoms with Gasteiger partial charge in [0.15, 0.2) is 6.10 Å². The average Bonchev–Trinajstić information content (AvgIpc) is 3.56. The lowest BCUT2D eigenvalue weighted by Gasteiger charge is -2.30. The highest BCUT2D eigenvalue weighted by atomic mass is 32.2. The Bertz CT molecular complexity index is 1170. The largest absolute Gasteiger partial charge is 0.381 e. The zero-order valence-electron chi connectivity index (χ0n) is 18.1. The van der Waals surface area contributed by atoms with Crippen LogP contribution in [0, 0.1) is 17.0 Å². The van der Waals surface area contributed by atoms with E-state index in [0.29, 0.717) is 18.4 Å². The molecule has 11 heteroatoms. The smallest absolute Gasteiger partial charge is 0.254 e. The Morgan fingerprint density at radius 2 is 1.85 bits per heavy atom. The van der Waals surface area contributed by atoms with Gasteiger partial charge in [-0.3, -0.25) is 4.79 Å². The van der Waals surface area contributed by atoms with E-state index in [9.17, 15) is 31.5 Å².